The molecule has 26 heavy (non-hydrogen) atoms. The number of carbonyl (C=O) groups is 1. The highest BCUT2D eigenvalue weighted by Gasteiger charge is 2.30. The van der Waals surface area contributed by atoms with Gasteiger partial charge in [0.15, 0.2) is 0 Å². The van der Waals surface area contributed by atoms with Crippen molar-refractivity contribution in [3.63, 3.8) is 0 Å². The van der Waals surface area contributed by atoms with Crippen LogP contribution in [0.15, 0.2) is 18.3 Å². The summed E-state index contributed by atoms with van der Waals surface area (Å²) >= 11 is 1.63. The summed E-state index contributed by atoms with van der Waals surface area (Å²) in [6, 6.07) is 7.89. The fraction of sp³-hybridized carbons (Fsp3) is 0.556. The van der Waals surface area contributed by atoms with E-state index >= 15 is 0 Å². The number of carbonyl (C=O) groups excluding carboxylic acids is 1. The van der Waals surface area contributed by atoms with Crippen molar-refractivity contribution in [2.75, 3.05) is 30.0 Å². The Hall–Kier alpha value is -2.29. The predicted molar refractivity (Wildman–Crippen MR) is 100 cm³/mol. The van der Waals surface area contributed by atoms with E-state index in [1.54, 1.807) is 28.9 Å². The number of thioether (sulfide) groups is 1. The van der Waals surface area contributed by atoms with Crippen LogP contribution in [0.4, 0.5) is 5.82 Å². The van der Waals surface area contributed by atoms with Gasteiger partial charge < -0.3 is 15.5 Å². The number of nitrogens with one attached hydrogen (secondary N) is 2. The molecule has 1 amide bonds. The molecule has 8 heteroatoms. The summed E-state index contributed by atoms with van der Waals surface area (Å²) in [5.74, 6) is 2.67. The minimum Gasteiger partial charge on any atom is -0.370 e. The third-order valence-corrected chi connectivity index (χ3v) is 5.91. The number of anilines is 1. The Balaban J connectivity index is 1.38. The molecule has 2 aliphatic rings. The van der Waals surface area contributed by atoms with Gasteiger partial charge in [-0.15, -0.1) is 11.8 Å². The lowest BCUT2D eigenvalue weighted by Gasteiger charge is -2.20. The smallest absolute Gasteiger partial charge is 0.238 e. The van der Waals surface area contributed by atoms with Gasteiger partial charge in [-0.1, -0.05) is 0 Å². The number of aromatic nitrogens is 1. The number of pyridine rings is 1. The van der Waals surface area contributed by atoms with Crippen molar-refractivity contribution >= 4 is 23.5 Å². The fourth-order valence-electron chi connectivity index (χ4n) is 3.39. The molecule has 1 aromatic heterocycles. The number of nitriles is 2. The third-order valence-electron chi connectivity index (χ3n) is 4.90. The first-order valence-corrected chi connectivity index (χ1v) is 9.95. The second kappa shape index (κ2) is 8.88. The molecule has 2 N–H and O–H groups in total. The van der Waals surface area contributed by atoms with E-state index in [-0.39, 0.29) is 11.9 Å². The zero-order valence-electron chi connectivity index (χ0n) is 14.5. The molecule has 3 atom stereocenters. The lowest BCUT2D eigenvalue weighted by molar-refractivity contribution is -0.129. The molecule has 2 fully saturated rings. The zero-order valence-corrected chi connectivity index (χ0v) is 15.3. The summed E-state index contributed by atoms with van der Waals surface area (Å²) in [7, 11) is 0. The molecule has 0 spiro atoms. The molecule has 1 aromatic rings. The summed E-state index contributed by atoms with van der Waals surface area (Å²) in [5.41, 5.74) is 0.556. The minimum absolute atomic E-state index is 0.0184. The average Bonchev–Trinajstić information content (AvgIpc) is 3.34. The summed E-state index contributed by atoms with van der Waals surface area (Å²) in [6.45, 7) is 1.14. The molecule has 3 rings (SSSR count). The molecule has 136 valence electrons. The number of hydrogen-bond donors (Lipinski definition) is 2. The Labute approximate surface area is 157 Å². The quantitative estimate of drug-likeness (QED) is 0.783. The van der Waals surface area contributed by atoms with Crippen molar-refractivity contribution in [2.24, 2.45) is 5.92 Å². The molecule has 1 saturated heterocycles. The summed E-state index contributed by atoms with van der Waals surface area (Å²) in [5, 5.41) is 24.5. The van der Waals surface area contributed by atoms with Crippen LogP contribution >= 0.6 is 11.8 Å². The Bertz CT molecular complexity index is 710. The number of amides is 1. The first-order chi connectivity index (χ1) is 12.7. The Kier molecular flexibility index (Phi) is 6.32. The van der Waals surface area contributed by atoms with Crippen LogP contribution in [-0.4, -0.2) is 52.6 Å². The maximum atomic E-state index is 12.3. The van der Waals surface area contributed by atoms with Crippen molar-refractivity contribution < 1.29 is 4.79 Å². The van der Waals surface area contributed by atoms with Gasteiger partial charge in [0, 0.05) is 24.5 Å². The second-order valence-corrected chi connectivity index (χ2v) is 7.69. The highest BCUT2D eigenvalue weighted by Crippen LogP contribution is 2.26. The van der Waals surface area contributed by atoms with E-state index in [9.17, 15) is 4.79 Å². The van der Waals surface area contributed by atoms with E-state index < -0.39 is 0 Å². The topological polar surface area (TPSA) is 105 Å². The van der Waals surface area contributed by atoms with Crippen molar-refractivity contribution in [3.05, 3.63) is 23.9 Å². The monoisotopic (exact) mass is 370 g/mol. The van der Waals surface area contributed by atoms with Crippen molar-refractivity contribution in [3.8, 4) is 12.1 Å². The van der Waals surface area contributed by atoms with Gasteiger partial charge in [-0.25, -0.2) is 4.98 Å². The van der Waals surface area contributed by atoms with Gasteiger partial charge in [-0.2, -0.15) is 10.5 Å². The van der Waals surface area contributed by atoms with Gasteiger partial charge in [-0.05, 0) is 37.3 Å². The predicted octanol–water partition coefficient (Wildman–Crippen LogP) is 1.55. The van der Waals surface area contributed by atoms with E-state index in [1.165, 1.54) is 0 Å². The van der Waals surface area contributed by atoms with Crippen LogP contribution in [0.1, 0.15) is 24.8 Å². The largest absolute Gasteiger partial charge is 0.370 e. The molecule has 1 aliphatic carbocycles. The van der Waals surface area contributed by atoms with Crippen LogP contribution < -0.4 is 10.6 Å². The normalized spacial score (nSPS) is 24.8. The standard InChI is InChI=1S/C18H22N6OS/c19-6-14-2-4-17(23-9-14)22-8-13-1-3-15(5-13)21-10-18(25)24-12-26-11-16(24)7-20/h2,4,9,13,15-16,21H,1,3,5,8,10-12H2,(H,22,23)/t13?,15?,16-/m0/s1. The van der Waals surface area contributed by atoms with Crippen LogP contribution in [0.5, 0.6) is 0 Å². The zero-order chi connectivity index (χ0) is 18.4. The van der Waals surface area contributed by atoms with Gasteiger partial charge in [-0.3, -0.25) is 4.79 Å². The maximum absolute atomic E-state index is 12.3. The van der Waals surface area contributed by atoms with Crippen LogP contribution in [0.2, 0.25) is 0 Å². The molecule has 1 aliphatic heterocycles. The summed E-state index contributed by atoms with van der Waals surface area (Å²) in [6.07, 6.45) is 4.75. The van der Waals surface area contributed by atoms with Crippen LogP contribution in [0.25, 0.3) is 0 Å². The van der Waals surface area contributed by atoms with E-state index in [2.05, 4.69) is 27.8 Å². The number of rotatable bonds is 6. The third kappa shape index (κ3) is 4.66. The Morgan fingerprint density at radius 2 is 2.27 bits per heavy atom. The van der Waals surface area contributed by atoms with E-state index in [1.807, 2.05) is 6.07 Å². The molecule has 7 nitrogen and oxygen atoms in total. The maximum Gasteiger partial charge on any atom is 0.238 e. The van der Waals surface area contributed by atoms with Gasteiger partial charge in [0.05, 0.1) is 24.1 Å². The van der Waals surface area contributed by atoms with Crippen molar-refractivity contribution in [2.45, 2.75) is 31.3 Å². The first kappa shape index (κ1) is 18.5. The van der Waals surface area contributed by atoms with Gasteiger partial charge >= 0.3 is 0 Å². The first-order valence-electron chi connectivity index (χ1n) is 8.80. The van der Waals surface area contributed by atoms with Gasteiger partial charge in [0.25, 0.3) is 0 Å². The Morgan fingerprint density at radius 3 is 3.00 bits per heavy atom. The SMILES string of the molecule is N#Cc1ccc(NCC2CCC(NCC(=O)N3CSC[C@@H]3C#N)C2)nc1. The molecule has 0 radical (unpaired) electrons. The van der Waals surface area contributed by atoms with Crippen LogP contribution in [0, 0.1) is 28.6 Å². The van der Waals surface area contributed by atoms with Crippen molar-refractivity contribution in [1.29, 1.82) is 10.5 Å². The molecule has 0 bridgehead atoms. The molecule has 1 saturated carbocycles. The van der Waals surface area contributed by atoms with E-state index in [4.69, 9.17) is 10.5 Å². The van der Waals surface area contributed by atoms with Crippen LogP contribution in [0.3, 0.4) is 0 Å². The van der Waals surface area contributed by atoms with Crippen LogP contribution in [-0.2, 0) is 4.79 Å². The highest BCUT2D eigenvalue weighted by atomic mass is 32.2. The molecule has 2 unspecified atom stereocenters. The van der Waals surface area contributed by atoms with E-state index in [0.717, 1.165) is 31.6 Å². The number of nitrogens with zero attached hydrogens (tertiary/aromatic N) is 4. The molecular formula is C18H22N6OS. The van der Waals surface area contributed by atoms with Crippen molar-refractivity contribution in [1.82, 2.24) is 15.2 Å². The lowest BCUT2D eigenvalue weighted by Crippen LogP contribution is -2.43. The highest BCUT2D eigenvalue weighted by molar-refractivity contribution is 7.99. The average molecular weight is 370 g/mol. The number of hydrogen-bond acceptors (Lipinski definition) is 7. The summed E-state index contributed by atoms with van der Waals surface area (Å²) < 4.78 is 0. The molecule has 2 heterocycles. The van der Waals surface area contributed by atoms with Gasteiger partial charge in [0.2, 0.25) is 5.91 Å². The minimum atomic E-state index is -0.283. The summed E-state index contributed by atoms with van der Waals surface area (Å²) in [4.78, 5) is 18.2. The molecular weight excluding hydrogens is 348 g/mol. The lowest BCUT2D eigenvalue weighted by atomic mass is 10.1. The Morgan fingerprint density at radius 1 is 1.38 bits per heavy atom. The van der Waals surface area contributed by atoms with E-state index in [0.29, 0.717) is 35.7 Å². The van der Waals surface area contributed by atoms with Gasteiger partial charge in [0.1, 0.15) is 17.9 Å². The molecule has 0 aromatic carbocycles. The fourth-order valence-corrected chi connectivity index (χ4v) is 4.49. The second-order valence-electron chi connectivity index (χ2n) is 6.69.